The predicted molar refractivity (Wildman–Crippen MR) is 78.9 cm³/mol. The highest BCUT2D eigenvalue weighted by Gasteiger charge is 2.20. The van der Waals surface area contributed by atoms with E-state index in [1.807, 2.05) is 0 Å². The third-order valence-corrected chi connectivity index (χ3v) is 4.68. The molecule has 0 heterocycles. The lowest BCUT2D eigenvalue weighted by atomic mass is 10.2. The van der Waals surface area contributed by atoms with Gasteiger partial charge in [-0.3, -0.25) is 4.79 Å². The number of hydrogen-bond donors (Lipinski definition) is 2. The fourth-order valence-corrected chi connectivity index (χ4v) is 2.71. The summed E-state index contributed by atoms with van der Waals surface area (Å²) >= 11 is 0. The van der Waals surface area contributed by atoms with E-state index < -0.39 is 10.0 Å². The van der Waals surface area contributed by atoms with Gasteiger partial charge in [-0.25, -0.2) is 12.7 Å². The Morgan fingerprint density at radius 2 is 1.95 bits per heavy atom. The van der Waals surface area contributed by atoms with Gasteiger partial charge < -0.3 is 10.4 Å². The predicted octanol–water partition coefficient (Wildman–Crippen LogP) is -0.213. The van der Waals surface area contributed by atoms with Crippen molar-refractivity contribution in [2.45, 2.75) is 11.3 Å². The molecular weight excluding hydrogens is 292 g/mol. The third-order valence-electron chi connectivity index (χ3n) is 2.81. The van der Waals surface area contributed by atoms with E-state index in [1.54, 1.807) is 12.1 Å². The second-order valence-electron chi connectivity index (χ2n) is 4.23. The SMILES string of the molecule is CNC(=O)CCN(C)S(=O)(=O)c1ccc(C#CCO)cc1. The number of amides is 1. The number of aliphatic hydroxyl groups excluding tert-OH is 1. The van der Waals surface area contributed by atoms with Crippen LogP contribution >= 0.6 is 0 Å². The summed E-state index contributed by atoms with van der Waals surface area (Å²) in [4.78, 5) is 11.3. The number of nitrogens with one attached hydrogen (secondary N) is 1. The average Bonchev–Trinajstić information content (AvgIpc) is 2.50. The van der Waals surface area contributed by atoms with Crippen LogP contribution in [0.5, 0.6) is 0 Å². The summed E-state index contributed by atoms with van der Waals surface area (Å²) in [5.74, 6) is 4.96. The zero-order chi connectivity index (χ0) is 15.9. The Morgan fingerprint density at radius 1 is 1.33 bits per heavy atom. The molecule has 1 amide bonds. The molecule has 1 rings (SSSR count). The van der Waals surface area contributed by atoms with E-state index in [9.17, 15) is 13.2 Å². The van der Waals surface area contributed by atoms with Crippen molar-refractivity contribution in [2.75, 3.05) is 27.2 Å². The van der Waals surface area contributed by atoms with Gasteiger partial charge in [-0.1, -0.05) is 11.8 Å². The van der Waals surface area contributed by atoms with Crippen LogP contribution in [0.3, 0.4) is 0 Å². The molecule has 0 aliphatic heterocycles. The first kappa shape index (κ1) is 17.2. The van der Waals surface area contributed by atoms with Gasteiger partial charge >= 0.3 is 0 Å². The molecule has 1 aromatic carbocycles. The summed E-state index contributed by atoms with van der Waals surface area (Å²) in [6.07, 6.45) is 0.103. The first-order valence-corrected chi connectivity index (χ1v) is 7.72. The summed E-state index contributed by atoms with van der Waals surface area (Å²) in [6.45, 7) is -0.143. The van der Waals surface area contributed by atoms with E-state index in [1.165, 1.54) is 26.2 Å². The topological polar surface area (TPSA) is 86.7 Å². The molecule has 0 spiro atoms. The van der Waals surface area contributed by atoms with Crippen LogP contribution in [-0.2, 0) is 14.8 Å². The number of carbonyl (C=O) groups excluding carboxylic acids is 1. The van der Waals surface area contributed by atoms with Crippen molar-refractivity contribution in [1.29, 1.82) is 0 Å². The molecule has 0 radical (unpaired) electrons. The standard InChI is InChI=1S/C14H18N2O4S/c1-15-14(18)9-10-16(2)21(19,20)13-7-5-12(6-8-13)4-3-11-17/h5-8,17H,9-11H2,1-2H3,(H,15,18). The van der Waals surface area contributed by atoms with Crippen LogP contribution in [0, 0.1) is 11.8 Å². The lowest BCUT2D eigenvalue weighted by Gasteiger charge is -2.16. The maximum absolute atomic E-state index is 12.3. The van der Waals surface area contributed by atoms with Gasteiger partial charge in [0.2, 0.25) is 15.9 Å². The normalized spacial score (nSPS) is 10.9. The first-order chi connectivity index (χ1) is 9.91. The number of rotatable bonds is 5. The van der Waals surface area contributed by atoms with E-state index in [4.69, 9.17) is 5.11 Å². The fourth-order valence-electron chi connectivity index (χ4n) is 1.54. The van der Waals surface area contributed by atoms with E-state index in [0.717, 1.165) is 4.31 Å². The summed E-state index contributed by atoms with van der Waals surface area (Å²) in [7, 11) is -0.693. The zero-order valence-electron chi connectivity index (χ0n) is 12.0. The van der Waals surface area contributed by atoms with Crippen molar-refractivity contribution < 1.29 is 18.3 Å². The summed E-state index contributed by atoms with van der Waals surface area (Å²) in [5.41, 5.74) is 0.621. The van der Waals surface area contributed by atoms with Crippen LogP contribution in [0.1, 0.15) is 12.0 Å². The van der Waals surface area contributed by atoms with Crippen molar-refractivity contribution in [3.63, 3.8) is 0 Å². The molecule has 21 heavy (non-hydrogen) atoms. The minimum absolute atomic E-state index is 0.103. The van der Waals surface area contributed by atoms with E-state index in [2.05, 4.69) is 17.2 Å². The van der Waals surface area contributed by atoms with Gasteiger partial charge in [-0.15, -0.1) is 0 Å². The van der Waals surface area contributed by atoms with Crippen molar-refractivity contribution in [1.82, 2.24) is 9.62 Å². The number of carbonyl (C=O) groups is 1. The van der Waals surface area contributed by atoms with Crippen LogP contribution in [0.15, 0.2) is 29.2 Å². The van der Waals surface area contributed by atoms with E-state index in [-0.39, 0.29) is 30.4 Å². The van der Waals surface area contributed by atoms with Crippen LogP contribution in [-0.4, -0.2) is 51.0 Å². The van der Waals surface area contributed by atoms with Gasteiger partial charge in [0, 0.05) is 32.6 Å². The van der Waals surface area contributed by atoms with Crippen LogP contribution in [0.2, 0.25) is 0 Å². The number of nitrogens with zero attached hydrogens (tertiary/aromatic N) is 1. The molecule has 0 saturated heterocycles. The van der Waals surface area contributed by atoms with Gasteiger partial charge in [0.1, 0.15) is 6.61 Å². The van der Waals surface area contributed by atoms with E-state index >= 15 is 0 Å². The Kier molecular flexibility index (Phi) is 6.37. The molecule has 7 heteroatoms. The van der Waals surface area contributed by atoms with Gasteiger partial charge in [0.15, 0.2) is 0 Å². The van der Waals surface area contributed by atoms with Crippen molar-refractivity contribution in [3.05, 3.63) is 29.8 Å². The lowest BCUT2D eigenvalue weighted by Crippen LogP contribution is -2.31. The smallest absolute Gasteiger partial charge is 0.242 e. The molecule has 0 aliphatic rings. The number of benzene rings is 1. The molecule has 0 bridgehead atoms. The Hall–Kier alpha value is -1.88. The van der Waals surface area contributed by atoms with Crippen LogP contribution < -0.4 is 5.32 Å². The second kappa shape index (κ2) is 7.78. The van der Waals surface area contributed by atoms with Crippen LogP contribution in [0.25, 0.3) is 0 Å². The molecule has 0 atom stereocenters. The minimum atomic E-state index is -3.62. The van der Waals surface area contributed by atoms with Crippen molar-refractivity contribution in [2.24, 2.45) is 0 Å². The zero-order valence-corrected chi connectivity index (χ0v) is 12.8. The van der Waals surface area contributed by atoms with Gasteiger partial charge in [-0.05, 0) is 24.3 Å². The second-order valence-corrected chi connectivity index (χ2v) is 6.28. The molecule has 1 aromatic rings. The Labute approximate surface area is 124 Å². The molecule has 0 saturated carbocycles. The van der Waals surface area contributed by atoms with Crippen molar-refractivity contribution >= 4 is 15.9 Å². The maximum atomic E-state index is 12.3. The largest absolute Gasteiger partial charge is 0.384 e. The van der Waals surface area contributed by atoms with Gasteiger partial charge in [0.05, 0.1) is 4.90 Å². The summed E-state index contributed by atoms with van der Waals surface area (Å²) < 4.78 is 25.7. The van der Waals surface area contributed by atoms with Crippen molar-refractivity contribution in [3.8, 4) is 11.8 Å². The Morgan fingerprint density at radius 3 is 2.48 bits per heavy atom. The third kappa shape index (κ3) is 4.86. The first-order valence-electron chi connectivity index (χ1n) is 6.28. The fraction of sp³-hybridized carbons (Fsp3) is 0.357. The minimum Gasteiger partial charge on any atom is -0.384 e. The summed E-state index contributed by atoms with van der Waals surface area (Å²) in [6, 6.07) is 6.05. The number of hydrogen-bond acceptors (Lipinski definition) is 4. The molecule has 0 aliphatic carbocycles. The summed E-state index contributed by atoms with van der Waals surface area (Å²) in [5, 5.41) is 11.0. The molecule has 2 N–H and O–H groups in total. The molecule has 0 fully saturated rings. The molecule has 0 unspecified atom stereocenters. The highest BCUT2D eigenvalue weighted by molar-refractivity contribution is 7.89. The molecule has 0 aromatic heterocycles. The van der Waals surface area contributed by atoms with Gasteiger partial charge in [0.25, 0.3) is 0 Å². The molecule has 114 valence electrons. The average molecular weight is 310 g/mol. The maximum Gasteiger partial charge on any atom is 0.242 e. The lowest BCUT2D eigenvalue weighted by molar-refractivity contribution is -0.120. The Bertz CT molecular complexity index is 642. The monoisotopic (exact) mass is 310 g/mol. The molecule has 6 nitrogen and oxygen atoms in total. The number of sulfonamides is 1. The molecular formula is C14H18N2O4S. The highest BCUT2D eigenvalue weighted by Crippen LogP contribution is 2.15. The Balaban J connectivity index is 2.84. The highest BCUT2D eigenvalue weighted by atomic mass is 32.2. The quantitative estimate of drug-likeness (QED) is 0.737. The van der Waals surface area contributed by atoms with Crippen LogP contribution in [0.4, 0.5) is 0 Å². The van der Waals surface area contributed by atoms with E-state index in [0.29, 0.717) is 5.56 Å². The number of aliphatic hydroxyl groups is 1. The van der Waals surface area contributed by atoms with Gasteiger partial charge in [-0.2, -0.15) is 0 Å².